The summed E-state index contributed by atoms with van der Waals surface area (Å²) in [7, 11) is 0. The second-order valence-corrected chi connectivity index (χ2v) is 9.37. The van der Waals surface area contributed by atoms with Crippen molar-refractivity contribution < 1.29 is 19.2 Å². The molecule has 0 spiro atoms. The summed E-state index contributed by atoms with van der Waals surface area (Å²) >= 11 is 6.69. The van der Waals surface area contributed by atoms with Gasteiger partial charge in [-0.1, -0.05) is 71.5 Å². The first-order valence-electron chi connectivity index (χ1n) is 10.4. The third kappa shape index (κ3) is 4.92. The van der Waals surface area contributed by atoms with Gasteiger partial charge in [-0.3, -0.25) is 14.5 Å². The number of aromatic nitrogens is 1. The van der Waals surface area contributed by atoms with E-state index in [0.29, 0.717) is 28.0 Å². The Morgan fingerprint density at radius 2 is 1.97 bits per heavy atom. The average molecular weight is 467 g/mol. The van der Waals surface area contributed by atoms with Gasteiger partial charge in [-0.05, 0) is 43.5 Å². The molecule has 0 radical (unpaired) electrons. The predicted molar refractivity (Wildman–Crippen MR) is 130 cm³/mol. The lowest BCUT2D eigenvalue weighted by Crippen LogP contribution is -2.29. The normalized spacial score (nSPS) is 15.3. The van der Waals surface area contributed by atoms with E-state index >= 15 is 0 Å². The molecule has 2 aromatic carbocycles. The van der Waals surface area contributed by atoms with Gasteiger partial charge in [-0.15, -0.1) is 0 Å². The minimum atomic E-state index is -0.797. The van der Waals surface area contributed by atoms with Gasteiger partial charge in [-0.25, -0.2) is 0 Å². The molecule has 0 unspecified atom stereocenters. The van der Waals surface area contributed by atoms with Gasteiger partial charge in [0.05, 0.1) is 10.3 Å². The first-order chi connectivity index (χ1) is 15.4. The maximum atomic E-state index is 12.9. The summed E-state index contributed by atoms with van der Waals surface area (Å²) < 4.78 is 6.12. The number of unbranched alkanes of at least 4 members (excludes halogenated alkanes) is 2. The molecule has 1 saturated heterocycles. The summed E-state index contributed by atoms with van der Waals surface area (Å²) in [6, 6.07) is 13.8. The SMILES string of the molecule is Cc1ccc(-c2onc3ccc(/C=C4/SC(=S)N(CCCCCC(=O)O)C4=O)cc23)cc1. The number of amides is 1. The topological polar surface area (TPSA) is 83.6 Å². The lowest BCUT2D eigenvalue weighted by Gasteiger charge is -2.13. The van der Waals surface area contributed by atoms with E-state index in [4.69, 9.17) is 21.8 Å². The zero-order chi connectivity index (χ0) is 22.7. The van der Waals surface area contributed by atoms with E-state index in [2.05, 4.69) is 5.16 Å². The monoisotopic (exact) mass is 466 g/mol. The number of carboxylic acid groups (broad SMARTS) is 1. The summed E-state index contributed by atoms with van der Waals surface area (Å²) in [6.45, 7) is 2.54. The number of carbonyl (C=O) groups excluding carboxylic acids is 1. The van der Waals surface area contributed by atoms with Crippen LogP contribution in [0.2, 0.25) is 0 Å². The van der Waals surface area contributed by atoms with E-state index in [0.717, 1.165) is 34.9 Å². The van der Waals surface area contributed by atoms with Crippen LogP contribution < -0.4 is 0 Å². The number of hydrogen-bond donors (Lipinski definition) is 1. The molecule has 32 heavy (non-hydrogen) atoms. The molecule has 0 bridgehead atoms. The lowest BCUT2D eigenvalue weighted by atomic mass is 10.0. The summed E-state index contributed by atoms with van der Waals surface area (Å²) in [5, 5.41) is 13.8. The number of aliphatic carboxylic acids is 1. The molecule has 1 aromatic heterocycles. The highest BCUT2D eigenvalue weighted by atomic mass is 32.2. The molecule has 2 heterocycles. The fourth-order valence-electron chi connectivity index (χ4n) is 3.53. The van der Waals surface area contributed by atoms with Crippen LogP contribution in [-0.2, 0) is 9.59 Å². The quantitative estimate of drug-likeness (QED) is 0.261. The zero-order valence-corrected chi connectivity index (χ0v) is 19.2. The average Bonchev–Trinajstić information content (AvgIpc) is 3.29. The number of carboxylic acids is 1. The maximum Gasteiger partial charge on any atom is 0.303 e. The van der Waals surface area contributed by atoms with Crippen molar-refractivity contribution in [3.05, 3.63) is 58.5 Å². The highest BCUT2D eigenvalue weighted by molar-refractivity contribution is 8.26. The second-order valence-electron chi connectivity index (χ2n) is 7.69. The van der Waals surface area contributed by atoms with Gasteiger partial charge in [-0.2, -0.15) is 0 Å². The molecule has 3 aromatic rings. The first-order valence-corrected chi connectivity index (χ1v) is 11.6. The molecule has 4 rings (SSSR count). The van der Waals surface area contributed by atoms with Gasteiger partial charge in [0, 0.05) is 18.5 Å². The van der Waals surface area contributed by atoms with Crippen LogP contribution in [0.3, 0.4) is 0 Å². The van der Waals surface area contributed by atoms with Gasteiger partial charge < -0.3 is 9.63 Å². The number of hydrogen-bond acceptors (Lipinski definition) is 6. The van der Waals surface area contributed by atoms with Gasteiger partial charge >= 0.3 is 5.97 Å². The number of carbonyl (C=O) groups is 2. The fourth-order valence-corrected chi connectivity index (χ4v) is 4.84. The van der Waals surface area contributed by atoms with Crippen molar-refractivity contribution >= 4 is 57.2 Å². The number of thiocarbonyl (C=S) groups is 1. The smallest absolute Gasteiger partial charge is 0.303 e. The van der Waals surface area contributed by atoms with Gasteiger partial charge in [0.25, 0.3) is 5.91 Å². The van der Waals surface area contributed by atoms with Crippen LogP contribution in [0.25, 0.3) is 28.3 Å². The molecule has 1 aliphatic rings. The maximum absolute atomic E-state index is 12.9. The van der Waals surface area contributed by atoms with Crippen molar-refractivity contribution in [2.75, 3.05) is 6.54 Å². The molecule has 0 saturated carbocycles. The number of fused-ring (bicyclic) bond motifs is 1. The van der Waals surface area contributed by atoms with Crippen molar-refractivity contribution in [1.29, 1.82) is 0 Å². The lowest BCUT2D eigenvalue weighted by molar-refractivity contribution is -0.137. The largest absolute Gasteiger partial charge is 0.481 e. The van der Waals surface area contributed by atoms with Crippen LogP contribution >= 0.6 is 24.0 Å². The van der Waals surface area contributed by atoms with Crippen LogP contribution in [0.1, 0.15) is 36.8 Å². The van der Waals surface area contributed by atoms with Gasteiger partial charge in [0.2, 0.25) is 0 Å². The third-order valence-corrected chi connectivity index (χ3v) is 6.64. The molecule has 0 atom stereocenters. The van der Waals surface area contributed by atoms with E-state index in [1.807, 2.05) is 55.5 Å². The Bertz CT molecular complexity index is 1210. The van der Waals surface area contributed by atoms with E-state index in [1.165, 1.54) is 17.3 Å². The molecule has 1 fully saturated rings. The molecule has 8 heteroatoms. The predicted octanol–water partition coefficient (Wildman–Crippen LogP) is 5.65. The second kappa shape index (κ2) is 9.67. The number of rotatable bonds is 8. The van der Waals surface area contributed by atoms with E-state index in [1.54, 1.807) is 4.90 Å². The summed E-state index contributed by atoms with van der Waals surface area (Å²) in [5.74, 6) is -0.208. The minimum absolute atomic E-state index is 0.109. The number of thioether (sulfide) groups is 1. The number of benzene rings is 2. The summed E-state index contributed by atoms with van der Waals surface area (Å²) in [4.78, 5) is 25.6. The van der Waals surface area contributed by atoms with Crippen molar-refractivity contribution in [1.82, 2.24) is 10.1 Å². The Morgan fingerprint density at radius 1 is 1.19 bits per heavy atom. The van der Waals surface area contributed by atoms with Gasteiger partial charge in [0.1, 0.15) is 9.84 Å². The molecule has 0 aliphatic carbocycles. The van der Waals surface area contributed by atoms with E-state index in [-0.39, 0.29) is 12.3 Å². The van der Waals surface area contributed by atoms with Crippen LogP contribution in [0.15, 0.2) is 51.9 Å². The van der Waals surface area contributed by atoms with Crippen molar-refractivity contribution in [2.24, 2.45) is 0 Å². The Kier molecular flexibility index (Phi) is 6.72. The molecule has 164 valence electrons. The minimum Gasteiger partial charge on any atom is -0.481 e. The highest BCUT2D eigenvalue weighted by Crippen LogP contribution is 2.34. The van der Waals surface area contributed by atoms with Crippen molar-refractivity contribution in [2.45, 2.75) is 32.6 Å². The van der Waals surface area contributed by atoms with Crippen LogP contribution in [-0.4, -0.2) is 37.9 Å². The Balaban J connectivity index is 1.50. The molecule has 6 nitrogen and oxygen atoms in total. The van der Waals surface area contributed by atoms with Gasteiger partial charge in [0.15, 0.2) is 5.76 Å². The van der Waals surface area contributed by atoms with Crippen molar-refractivity contribution in [3.63, 3.8) is 0 Å². The van der Waals surface area contributed by atoms with E-state index in [9.17, 15) is 9.59 Å². The third-order valence-electron chi connectivity index (χ3n) is 5.26. The molecule has 1 N–H and O–H groups in total. The summed E-state index contributed by atoms with van der Waals surface area (Å²) in [5.41, 5.74) is 3.74. The molecule has 1 aliphatic heterocycles. The Hall–Kier alpha value is -2.97. The number of nitrogens with zero attached hydrogens (tertiary/aromatic N) is 2. The standard InChI is InChI=1S/C24H22N2O4S2/c1-15-6-9-17(10-7-15)22-18-13-16(8-11-19(18)25-30-22)14-20-23(29)26(24(31)32-20)12-4-2-3-5-21(27)28/h6-11,13-14H,2-5,12H2,1H3,(H,27,28)/b20-14+. The first kappa shape index (κ1) is 22.2. The van der Waals surface area contributed by atoms with Crippen molar-refractivity contribution in [3.8, 4) is 11.3 Å². The van der Waals surface area contributed by atoms with E-state index < -0.39 is 5.97 Å². The van der Waals surface area contributed by atoms with Crippen LogP contribution in [0.4, 0.5) is 0 Å². The highest BCUT2D eigenvalue weighted by Gasteiger charge is 2.31. The number of aryl methyl sites for hydroxylation is 1. The molecule has 1 amide bonds. The Labute approximate surface area is 195 Å². The van der Waals surface area contributed by atoms with Crippen LogP contribution in [0.5, 0.6) is 0 Å². The zero-order valence-electron chi connectivity index (χ0n) is 17.5. The molecular weight excluding hydrogens is 444 g/mol. The molecular formula is C24H22N2O4S2. The Morgan fingerprint density at radius 3 is 2.72 bits per heavy atom. The summed E-state index contributed by atoms with van der Waals surface area (Å²) in [6.07, 6.45) is 4.05. The fraction of sp³-hybridized carbons (Fsp3) is 0.250. The van der Waals surface area contributed by atoms with Crippen LogP contribution in [0, 0.1) is 6.92 Å².